The van der Waals surface area contributed by atoms with Crippen molar-refractivity contribution >= 4 is 38.9 Å². The standard InChI is InChI=1S/C14H13NO7S/c1-6(14(18)19)3-8(16)11-4-7-10(23-11)5-9(22-2)13(17)12(7)15(20)21/h4-6,17H,3H2,1-2H3,(H,18,19). The highest BCUT2D eigenvalue weighted by molar-refractivity contribution is 7.21. The first-order chi connectivity index (χ1) is 10.8. The largest absolute Gasteiger partial charge is 0.499 e. The number of carbonyl (C=O) groups is 2. The Kier molecular flexibility index (Phi) is 4.50. The van der Waals surface area contributed by atoms with Crippen molar-refractivity contribution < 1.29 is 29.5 Å². The van der Waals surface area contributed by atoms with Crippen LogP contribution in [0.4, 0.5) is 5.69 Å². The second-order valence-corrected chi connectivity index (χ2v) is 6.01. The zero-order valence-corrected chi connectivity index (χ0v) is 13.0. The highest BCUT2D eigenvalue weighted by Crippen LogP contribution is 2.45. The molecule has 8 nitrogen and oxygen atoms in total. The molecule has 122 valence electrons. The SMILES string of the molecule is COc1cc2sc(C(=O)CC(C)C(=O)O)cc2c([N+](=O)[O-])c1O. The number of carboxylic acid groups (broad SMARTS) is 1. The Balaban J connectivity index is 2.54. The maximum absolute atomic E-state index is 12.1. The van der Waals surface area contributed by atoms with Gasteiger partial charge in [-0.2, -0.15) is 0 Å². The molecule has 2 rings (SSSR count). The zero-order chi connectivity index (χ0) is 17.3. The van der Waals surface area contributed by atoms with Gasteiger partial charge in [0.1, 0.15) is 0 Å². The number of nitro benzene ring substituents is 1. The van der Waals surface area contributed by atoms with Gasteiger partial charge >= 0.3 is 11.7 Å². The average Bonchev–Trinajstić information content (AvgIpc) is 2.89. The van der Waals surface area contributed by atoms with Crippen LogP contribution in [0, 0.1) is 16.0 Å². The molecule has 1 aromatic heterocycles. The van der Waals surface area contributed by atoms with Gasteiger partial charge in [0.05, 0.1) is 28.2 Å². The van der Waals surface area contributed by atoms with Crippen LogP contribution in [-0.2, 0) is 4.79 Å². The summed E-state index contributed by atoms with van der Waals surface area (Å²) >= 11 is 0.991. The smallest absolute Gasteiger partial charge is 0.323 e. The number of ether oxygens (including phenoxy) is 1. The maximum atomic E-state index is 12.1. The van der Waals surface area contributed by atoms with Crippen molar-refractivity contribution in [2.45, 2.75) is 13.3 Å². The molecular formula is C14H13NO7S. The van der Waals surface area contributed by atoms with E-state index >= 15 is 0 Å². The van der Waals surface area contributed by atoms with Gasteiger partial charge in [0.25, 0.3) is 0 Å². The predicted octanol–water partition coefficient (Wildman–Crippen LogP) is 2.82. The first-order valence-electron chi connectivity index (χ1n) is 6.50. The molecule has 0 aliphatic rings. The number of aromatic hydroxyl groups is 1. The minimum atomic E-state index is -1.09. The maximum Gasteiger partial charge on any atom is 0.323 e. The molecule has 0 amide bonds. The lowest BCUT2D eigenvalue weighted by atomic mass is 10.0. The lowest BCUT2D eigenvalue weighted by molar-refractivity contribution is -0.384. The molecule has 0 saturated heterocycles. The highest BCUT2D eigenvalue weighted by Gasteiger charge is 2.27. The molecule has 1 atom stereocenters. The summed E-state index contributed by atoms with van der Waals surface area (Å²) in [7, 11) is 1.26. The Morgan fingerprint density at radius 1 is 1.43 bits per heavy atom. The molecule has 1 unspecified atom stereocenters. The summed E-state index contributed by atoms with van der Waals surface area (Å²) in [5, 5.41) is 30.0. The van der Waals surface area contributed by atoms with Crippen LogP contribution in [0.5, 0.6) is 11.5 Å². The number of carboxylic acids is 1. The third kappa shape index (κ3) is 3.09. The topological polar surface area (TPSA) is 127 Å². The van der Waals surface area contributed by atoms with E-state index in [0.717, 1.165) is 11.3 Å². The fourth-order valence-electron chi connectivity index (χ4n) is 2.07. The molecule has 1 aromatic carbocycles. The molecule has 1 heterocycles. The lowest BCUT2D eigenvalue weighted by Gasteiger charge is -2.04. The molecule has 0 radical (unpaired) electrons. The number of hydrogen-bond donors (Lipinski definition) is 2. The van der Waals surface area contributed by atoms with E-state index in [0.29, 0.717) is 4.70 Å². The number of ketones is 1. The van der Waals surface area contributed by atoms with Gasteiger partial charge in [-0.05, 0) is 6.07 Å². The van der Waals surface area contributed by atoms with Crippen molar-refractivity contribution in [2.75, 3.05) is 7.11 Å². The minimum absolute atomic E-state index is 0.0658. The van der Waals surface area contributed by atoms with Gasteiger partial charge in [-0.1, -0.05) is 6.92 Å². The van der Waals surface area contributed by atoms with E-state index in [4.69, 9.17) is 9.84 Å². The summed E-state index contributed by atoms with van der Waals surface area (Å²) < 4.78 is 5.30. The lowest BCUT2D eigenvalue weighted by Crippen LogP contribution is -2.13. The number of Topliss-reactive ketones (excluding diaryl/α,β-unsaturated/α-hetero) is 1. The van der Waals surface area contributed by atoms with E-state index in [1.165, 1.54) is 26.2 Å². The van der Waals surface area contributed by atoms with E-state index in [-0.39, 0.29) is 22.4 Å². The van der Waals surface area contributed by atoms with E-state index in [1.54, 1.807) is 0 Å². The van der Waals surface area contributed by atoms with Gasteiger partial charge < -0.3 is 14.9 Å². The number of thiophene rings is 1. The number of fused-ring (bicyclic) bond motifs is 1. The second-order valence-electron chi connectivity index (χ2n) is 4.92. The molecule has 2 aromatic rings. The Hall–Kier alpha value is -2.68. The Labute approximate surface area is 134 Å². The number of carbonyl (C=O) groups excluding carboxylic acids is 1. The number of rotatable bonds is 6. The van der Waals surface area contributed by atoms with Crippen molar-refractivity contribution in [1.82, 2.24) is 0 Å². The van der Waals surface area contributed by atoms with Gasteiger partial charge in [-0.15, -0.1) is 11.3 Å². The van der Waals surface area contributed by atoms with Crippen molar-refractivity contribution in [3.63, 3.8) is 0 Å². The summed E-state index contributed by atoms with van der Waals surface area (Å²) in [6, 6.07) is 2.70. The number of hydrogen-bond acceptors (Lipinski definition) is 7. The number of nitrogens with zero attached hydrogens (tertiary/aromatic N) is 1. The van der Waals surface area contributed by atoms with E-state index in [2.05, 4.69) is 0 Å². The normalized spacial score (nSPS) is 12.1. The molecule has 0 aliphatic heterocycles. The predicted molar refractivity (Wildman–Crippen MR) is 82.4 cm³/mol. The number of phenolic OH excluding ortho intramolecular Hbond substituents is 1. The zero-order valence-electron chi connectivity index (χ0n) is 12.2. The van der Waals surface area contributed by atoms with Crippen LogP contribution in [0.3, 0.4) is 0 Å². The average molecular weight is 339 g/mol. The van der Waals surface area contributed by atoms with Crippen molar-refractivity contribution in [3.8, 4) is 11.5 Å². The molecule has 0 bridgehead atoms. The molecule has 9 heteroatoms. The van der Waals surface area contributed by atoms with Crippen LogP contribution in [0.25, 0.3) is 10.1 Å². The summed E-state index contributed by atoms with van der Waals surface area (Å²) in [6.45, 7) is 1.41. The number of benzene rings is 1. The van der Waals surface area contributed by atoms with E-state index < -0.39 is 34.0 Å². The van der Waals surface area contributed by atoms with Gasteiger partial charge in [0.2, 0.25) is 5.75 Å². The second kappa shape index (κ2) is 6.21. The Morgan fingerprint density at radius 3 is 2.61 bits per heavy atom. The monoisotopic (exact) mass is 339 g/mol. The Morgan fingerprint density at radius 2 is 2.09 bits per heavy atom. The van der Waals surface area contributed by atoms with Crippen molar-refractivity contribution in [2.24, 2.45) is 5.92 Å². The van der Waals surface area contributed by atoms with Crippen LogP contribution >= 0.6 is 11.3 Å². The van der Waals surface area contributed by atoms with E-state index in [1.807, 2.05) is 0 Å². The molecular weight excluding hydrogens is 326 g/mol. The van der Waals surface area contributed by atoms with E-state index in [9.17, 15) is 24.8 Å². The first kappa shape index (κ1) is 16.7. The molecule has 0 spiro atoms. The van der Waals surface area contributed by atoms with Gasteiger partial charge in [0.15, 0.2) is 11.5 Å². The number of aliphatic carboxylic acids is 1. The summed E-state index contributed by atoms with van der Waals surface area (Å²) in [4.78, 5) is 33.6. The molecule has 2 N–H and O–H groups in total. The van der Waals surface area contributed by atoms with Gasteiger partial charge in [-0.25, -0.2) is 0 Å². The van der Waals surface area contributed by atoms with Crippen LogP contribution in [0.15, 0.2) is 12.1 Å². The van der Waals surface area contributed by atoms with Crippen molar-refractivity contribution in [3.05, 3.63) is 27.1 Å². The quantitative estimate of drug-likeness (QED) is 0.470. The third-order valence-corrected chi connectivity index (χ3v) is 4.45. The van der Waals surface area contributed by atoms with Gasteiger partial charge in [0, 0.05) is 17.2 Å². The summed E-state index contributed by atoms with van der Waals surface area (Å²) in [5.74, 6) is -3.05. The first-order valence-corrected chi connectivity index (χ1v) is 7.31. The highest BCUT2D eigenvalue weighted by atomic mass is 32.1. The summed E-state index contributed by atoms with van der Waals surface area (Å²) in [6.07, 6.45) is -0.209. The molecule has 0 aliphatic carbocycles. The van der Waals surface area contributed by atoms with Crippen LogP contribution in [0.1, 0.15) is 23.0 Å². The molecule has 0 saturated carbocycles. The molecule has 23 heavy (non-hydrogen) atoms. The van der Waals surface area contributed by atoms with Crippen molar-refractivity contribution in [1.29, 1.82) is 0 Å². The third-order valence-electron chi connectivity index (χ3n) is 3.33. The van der Waals surface area contributed by atoms with Crippen LogP contribution in [0.2, 0.25) is 0 Å². The number of methoxy groups -OCH3 is 1. The molecule has 0 fully saturated rings. The number of nitro groups is 1. The summed E-state index contributed by atoms with van der Waals surface area (Å²) in [5.41, 5.74) is -0.541. The fourth-order valence-corrected chi connectivity index (χ4v) is 3.12. The Bertz CT molecular complexity index is 811. The van der Waals surface area contributed by atoms with Crippen LogP contribution in [-0.4, -0.2) is 34.0 Å². The number of phenols is 1. The van der Waals surface area contributed by atoms with Crippen LogP contribution < -0.4 is 4.74 Å². The fraction of sp³-hybridized carbons (Fsp3) is 0.286. The van der Waals surface area contributed by atoms with Gasteiger partial charge in [-0.3, -0.25) is 19.7 Å². The minimum Gasteiger partial charge on any atom is -0.499 e.